The summed E-state index contributed by atoms with van der Waals surface area (Å²) >= 11 is 0. The van der Waals surface area contributed by atoms with Gasteiger partial charge in [0.15, 0.2) is 0 Å². The molecule has 3 atom stereocenters. The third-order valence-corrected chi connectivity index (χ3v) is 5.34. The first-order valence-electron chi connectivity index (χ1n) is 7.82. The van der Waals surface area contributed by atoms with Crippen LogP contribution in [0.25, 0.3) is 0 Å². The van der Waals surface area contributed by atoms with E-state index in [4.69, 9.17) is 5.73 Å². The lowest BCUT2D eigenvalue weighted by molar-refractivity contribution is -0.133. The Labute approximate surface area is 110 Å². The van der Waals surface area contributed by atoms with Crippen LogP contribution in [0.2, 0.25) is 0 Å². The van der Waals surface area contributed by atoms with Gasteiger partial charge >= 0.3 is 0 Å². The summed E-state index contributed by atoms with van der Waals surface area (Å²) in [6.45, 7) is 1.60. The van der Waals surface area contributed by atoms with Crippen molar-refractivity contribution in [2.75, 3.05) is 13.1 Å². The standard InChI is InChI=1S/C15H26N2O/c16-10-12-7-4-8-17(12)15(18)14-9-13(14)11-5-2-1-3-6-11/h11-14H,1-10,16H2/t12-,13+,14-/m0/s1. The molecule has 0 unspecified atom stereocenters. The number of carbonyl (C=O) groups excluding carboxylic acids is 1. The summed E-state index contributed by atoms with van der Waals surface area (Å²) in [4.78, 5) is 14.6. The van der Waals surface area contributed by atoms with Gasteiger partial charge in [0.05, 0.1) is 0 Å². The highest BCUT2D eigenvalue weighted by atomic mass is 16.2. The van der Waals surface area contributed by atoms with Crippen molar-refractivity contribution in [1.82, 2.24) is 4.90 Å². The smallest absolute Gasteiger partial charge is 0.226 e. The summed E-state index contributed by atoms with van der Waals surface area (Å²) in [6.07, 6.45) is 10.3. The van der Waals surface area contributed by atoms with Gasteiger partial charge in [-0.2, -0.15) is 0 Å². The van der Waals surface area contributed by atoms with Crippen molar-refractivity contribution in [3.05, 3.63) is 0 Å². The molecule has 2 aliphatic carbocycles. The lowest BCUT2D eigenvalue weighted by Gasteiger charge is -2.25. The quantitative estimate of drug-likeness (QED) is 0.834. The van der Waals surface area contributed by atoms with Gasteiger partial charge < -0.3 is 10.6 Å². The average Bonchev–Trinajstić information content (AvgIpc) is 3.08. The predicted octanol–water partition coefficient (Wildman–Crippen LogP) is 2.15. The molecule has 0 spiro atoms. The molecule has 0 aromatic carbocycles. The van der Waals surface area contributed by atoms with E-state index in [0.29, 0.717) is 24.4 Å². The maximum Gasteiger partial charge on any atom is 0.226 e. The minimum atomic E-state index is 0.338. The van der Waals surface area contributed by atoms with Gasteiger partial charge in [-0.25, -0.2) is 0 Å². The van der Waals surface area contributed by atoms with Crippen LogP contribution in [-0.4, -0.2) is 29.9 Å². The second-order valence-corrected chi connectivity index (χ2v) is 6.47. The van der Waals surface area contributed by atoms with Crippen molar-refractivity contribution >= 4 is 5.91 Å². The Balaban J connectivity index is 1.55. The molecule has 0 aromatic rings. The second-order valence-electron chi connectivity index (χ2n) is 6.47. The summed E-state index contributed by atoms with van der Waals surface area (Å²) in [5.74, 6) is 2.36. The molecule has 3 rings (SSSR count). The van der Waals surface area contributed by atoms with Gasteiger partial charge in [-0.15, -0.1) is 0 Å². The fourth-order valence-electron chi connectivity index (χ4n) is 4.17. The number of nitrogens with two attached hydrogens (primary N) is 1. The van der Waals surface area contributed by atoms with Crippen molar-refractivity contribution in [3.8, 4) is 0 Å². The van der Waals surface area contributed by atoms with Crippen LogP contribution >= 0.6 is 0 Å². The minimum absolute atomic E-state index is 0.338. The van der Waals surface area contributed by atoms with Crippen LogP contribution in [0, 0.1) is 17.8 Å². The average molecular weight is 250 g/mol. The Hall–Kier alpha value is -0.570. The largest absolute Gasteiger partial charge is 0.338 e. The van der Waals surface area contributed by atoms with Crippen molar-refractivity contribution in [3.63, 3.8) is 0 Å². The molecule has 2 N–H and O–H groups in total. The Kier molecular flexibility index (Phi) is 3.60. The van der Waals surface area contributed by atoms with Gasteiger partial charge in [-0.1, -0.05) is 32.1 Å². The van der Waals surface area contributed by atoms with Gasteiger partial charge in [0.25, 0.3) is 0 Å². The Morgan fingerprint density at radius 3 is 2.61 bits per heavy atom. The molecule has 2 saturated carbocycles. The number of nitrogens with zero attached hydrogens (tertiary/aromatic N) is 1. The van der Waals surface area contributed by atoms with Crippen LogP contribution in [0.15, 0.2) is 0 Å². The maximum absolute atomic E-state index is 12.5. The van der Waals surface area contributed by atoms with Crippen LogP contribution in [0.4, 0.5) is 0 Å². The fourth-order valence-corrected chi connectivity index (χ4v) is 4.17. The molecule has 3 nitrogen and oxygen atoms in total. The van der Waals surface area contributed by atoms with E-state index >= 15 is 0 Å². The van der Waals surface area contributed by atoms with Gasteiger partial charge in [-0.05, 0) is 31.1 Å². The molecule has 1 amide bonds. The van der Waals surface area contributed by atoms with Crippen molar-refractivity contribution in [2.24, 2.45) is 23.5 Å². The summed E-state index contributed by atoms with van der Waals surface area (Å²) < 4.78 is 0. The molecule has 0 radical (unpaired) electrons. The van der Waals surface area contributed by atoms with E-state index in [0.717, 1.165) is 37.6 Å². The van der Waals surface area contributed by atoms with Gasteiger partial charge in [-0.3, -0.25) is 4.79 Å². The molecule has 3 heteroatoms. The molecule has 102 valence electrons. The highest BCUT2D eigenvalue weighted by Crippen LogP contribution is 2.50. The summed E-state index contributed by atoms with van der Waals surface area (Å²) in [5.41, 5.74) is 5.77. The Bertz CT molecular complexity index is 312. The minimum Gasteiger partial charge on any atom is -0.338 e. The Morgan fingerprint density at radius 1 is 1.11 bits per heavy atom. The van der Waals surface area contributed by atoms with Crippen LogP contribution in [-0.2, 0) is 4.79 Å². The number of carbonyl (C=O) groups is 1. The number of rotatable bonds is 3. The number of likely N-dealkylation sites (tertiary alicyclic amines) is 1. The summed E-state index contributed by atoms with van der Waals surface area (Å²) in [6, 6.07) is 0.338. The lowest BCUT2D eigenvalue weighted by atomic mass is 9.85. The summed E-state index contributed by atoms with van der Waals surface area (Å²) in [7, 11) is 0. The normalized spacial score (nSPS) is 36.9. The zero-order valence-corrected chi connectivity index (χ0v) is 11.3. The first-order chi connectivity index (χ1) is 8.81. The zero-order valence-electron chi connectivity index (χ0n) is 11.3. The van der Waals surface area contributed by atoms with E-state index in [1.54, 1.807) is 0 Å². The molecule has 3 aliphatic rings. The first-order valence-corrected chi connectivity index (χ1v) is 7.82. The Morgan fingerprint density at radius 2 is 1.89 bits per heavy atom. The van der Waals surface area contributed by atoms with E-state index in [-0.39, 0.29) is 0 Å². The van der Waals surface area contributed by atoms with Crippen LogP contribution in [0.1, 0.15) is 51.4 Å². The first kappa shape index (κ1) is 12.5. The number of hydrogen-bond acceptors (Lipinski definition) is 2. The van der Waals surface area contributed by atoms with E-state index in [2.05, 4.69) is 4.90 Å². The highest BCUT2D eigenvalue weighted by molar-refractivity contribution is 5.82. The molecule has 18 heavy (non-hydrogen) atoms. The molecule has 1 saturated heterocycles. The third kappa shape index (κ3) is 2.29. The molecule has 1 aliphatic heterocycles. The van der Waals surface area contributed by atoms with Crippen LogP contribution in [0.3, 0.4) is 0 Å². The molecule has 0 aromatic heterocycles. The molecule has 1 heterocycles. The van der Waals surface area contributed by atoms with E-state index < -0.39 is 0 Å². The van der Waals surface area contributed by atoms with Crippen LogP contribution in [0.5, 0.6) is 0 Å². The monoisotopic (exact) mass is 250 g/mol. The predicted molar refractivity (Wildman–Crippen MR) is 72.0 cm³/mol. The molecular formula is C15H26N2O. The van der Waals surface area contributed by atoms with Crippen molar-refractivity contribution < 1.29 is 4.79 Å². The number of hydrogen-bond donors (Lipinski definition) is 1. The zero-order chi connectivity index (χ0) is 12.5. The fraction of sp³-hybridized carbons (Fsp3) is 0.933. The van der Waals surface area contributed by atoms with E-state index in [9.17, 15) is 4.79 Å². The summed E-state index contributed by atoms with van der Waals surface area (Å²) in [5, 5.41) is 0. The van der Waals surface area contributed by atoms with E-state index in [1.165, 1.54) is 32.1 Å². The second kappa shape index (κ2) is 5.20. The maximum atomic E-state index is 12.5. The van der Waals surface area contributed by atoms with Crippen molar-refractivity contribution in [1.29, 1.82) is 0 Å². The van der Waals surface area contributed by atoms with Gasteiger partial charge in [0.1, 0.15) is 0 Å². The van der Waals surface area contributed by atoms with E-state index in [1.807, 2.05) is 0 Å². The van der Waals surface area contributed by atoms with Crippen LogP contribution < -0.4 is 5.73 Å². The van der Waals surface area contributed by atoms with Gasteiger partial charge in [0, 0.05) is 25.0 Å². The topological polar surface area (TPSA) is 46.3 Å². The molecular weight excluding hydrogens is 224 g/mol. The molecule has 3 fully saturated rings. The lowest BCUT2D eigenvalue weighted by Crippen LogP contribution is -2.41. The third-order valence-electron chi connectivity index (χ3n) is 5.34. The molecule has 0 bridgehead atoms. The van der Waals surface area contributed by atoms with Gasteiger partial charge in [0.2, 0.25) is 5.91 Å². The van der Waals surface area contributed by atoms with Crippen molar-refractivity contribution in [2.45, 2.75) is 57.4 Å². The highest BCUT2D eigenvalue weighted by Gasteiger charge is 2.49. The SMILES string of the molecule is NC[C@@H]1CCCN1C(=O)[C@H]1C[C@@H]1C1CCCCC1. The number of amides is 1.